The van der Waals surface area contributed by atoms with E-state index < -0.39 is 0 Å². The van der Waals surface area contributed by atoms with E-state index >= 15 is 0 Å². The van der Waals surface area contributed by atoms with Crippen molar-refractivity contribution in [2.45, 2.75) is 19.3 Å². The van der Waals surface area contributed by atoms with Crippen LogP contribution in [0.25, 0.3) is 0 Å². The third kappa shape index (κ3) is 3.38. The first-order valence-corrected chi connectivity index (χ1v) is 6.43. The first kappa shape index (κ1) is 13.7. The topological polar surface area (TPSA) is 42.2 Å². The molecule has 1 N–H and O–H groups in total. The fourth-order valence-electron chi connectivity index (χ4n) is 1.80. The van der Waals surface area contributed by atoms with Crippen molar-refractivity contribution in [2.75, 3.05) is 6.54 Å². The lowest BCUT2D eigenvalue weighted by Gasteiger charge is -2.25. The largest absolute Gasteiger partial charge is 0.472 e. The van der Waals surface area contributed by atoms with Gasteiger partial charge < -0.3 is 9.73 Å². The van der Waals surface area contributed by atoms with Crippen LogP contribution in [0.1, 0.15) is 29.8 Å². The molecule has 4 heteroatoms. The summed E-state index contributed by atoms with van der Waals surface area (Å²) < 4.78 is 4.89. The van der Waals surface area contributed by atoms with Crippen LogP contribution in [-0.4, -0.2) is 12.5 Å². The van der Waals surface area contributed by atoms with Gasteiger partial charge in [-0.2, -0.15) is 0 Å². The van der Waals surface area contributed by atoms with Crippen molar-refractivity contribution in [3.05, 3.63) is 59.0 Å². The highest BCUT2D eigenvalue weighted by atomic mass is 35.5. The lowest BCUT2D eigenvalue weighted by atomic mass is 9.84. The Morgan fingerprint density at radius 1 is 1.26 bits per heavy atom. The van der Waals surface area contributed by atoms with Gasteiger partial charge >= 0.3 is 0 Å². The van der Waals surface area contributed by atoms with Crippen molar-refractivity contribution in [1.29, 1.82) is 0 Å². The molecule has 0 aliphatic carbocycles. The van der Waals surface area contributed by atoms with Gasteiger partial charge in [-0.3, -0.25) is 4.79 Å². The monoisotopic (exact) mass is 277 g/mol. The van der Waals surface area contributed by atoms with Crippen LogP contribution in [0.3, 0.4) is 0 Å². The summed E-state index contributed by atoms with van der Waals surface area (Å²) >= 11 is 5.88. The Bertz CT molecular complexity index is 544. The van der Waals surface area contributed by atoms with Crippen LogP contribution in [0.2, 0.25) is 5.02 Å². The van der Waals surface area contributed by atoms with E-state index in [9.17, 15) is 4.79 Å². The molecule has 3 nitrogen and oxygen atoms in total. The average Bonchev–Trinajstić information content (AvgIpc) is 2.90. The standard InChI is InChI=1S/C15H16ClNO2/c1-15(2,12-3-5-13(16)6-4-12)10-17-14(18)11-7-8-19-9-11/h3-9H,10H2,1-2H3,(H,17,18). The van der Waals surface area contributed by atoms with Gasteiger partial charge in [0.2, 0.25) is 0 Å². The first-order valence-electron chi connectivity index (χ1n) is 6.05. The maximum Gasteiger partial charge on any atom is 0.254 e. The van der Waals surface area contributed by atoms with Gasteiger partial charge in [0.15, 0.2) is 0 Å². The molecule has 2 rings (SSSR count). The van der Waals surface area contributed by atoms with Crippen LogP contribution >= 0.6 is 11.6 Å². The van der Waals surface area contributed by atoms with Crippen molar-refractivity contribution in [1.82, 2.24) is 5.32 Å². The summed E-state index contributed by atoms with van der Waals surface area (Å²) in [7, 11) is 0. The maximum atomic E-state index is 11.8. The Labute approximate surface area is 117 Å². The molecular formula is C15H16ClNO2. The predicted octanol–water partition coefficient (Wildman–Crippen LogP) is 3.64. The van der Waals surface area contributed by atoms with E-state index in [0.717, 1.165) is 5.56 Å². The molecule has 19 heavy (non-hydrogen) atoms. The smallest absolute Gasteiger partial charge is 0.254 e. The van der Waals surface area contributed by atoms with Crippen LogP contribution in [0.5, 0.6) is 0 Å². The number of carbonyl (C=O) groups is 1. The summed E-state index contributed by atoms with van der Waals surface area (Å²) in [5.74, 6) is -0.129. The van der Waals surface area contributed by atoms with Crippen molar-refractivity contribution >= 4 is 17.5 Å². The summed E-state index contributed by atoms with van der Waals surface area (Å²) in [6.45, 7) is 4.69. The zero-order valence-electron chi connectivity index (χ0n) is 10.9. The van der Waals surface area contributed by atoms with E-state index in [2.05, 4.69) is 19.2 Å². The van der Waals surface area contributed by atoms with Gasteiger partial charge in [-0.15, -0.1) is 0 Å². The molecule has 1 heterocycles. The highest BCUT2D eigenvalue weighted by Gasteiger charge is 2.21. The number of hydrogen-bond acceptors (Lipinski definition) is 2. The number of rotatable bonds is 4. The molecule has 0 atom stereocenters. The third-order valence-corrected chi connectivity index (χ3v) is 3.35. The van der Waals surface area contributed by atoms with Crippen LogP contribution in [0, 0.1) is 0 Å². The van der Waals surface area contributed by atoms with Gasteiger partial charge in [0, 0.05) is 17.0 Å². The third-order valence-electron chi connectivity index (χ3n) is 3.10. The van der Waals surface area contributed by atoms with Gasteiger partial charge in [0.05, 0.1) is 11.8 Å². The number of carbonyl (C=O) groups excluding carboxylic acids is 1. The minimum absolute atomic E-state index is 0.129. The zero-order valence-corrected chi connectivity index (χ0v) is 11.7. The van der Waals surface area contributed by atoms with Crippen molar-refractivity contribution in [3.8, 4) is 0 Å². The SMILES string of the molecule is CC(C)(CNC(=O)c1ccoc1)c1ccc(Cl)cc1. The fraction of sp³-hybridized carbons (Fsp3) is 0.267. The Hall–Kier alpha value is -1.74. The molecular weight excluding hydrogens is 262 g/mol. The van der Waals surface area contributed by atoms with E-state index in [1.54, 1.807) is 6.07 Å². The summed E-state index contributed by atoms with van der Waals surface area (Å²) in [5.41, 5.74) is 1.50. The molecule has 100 valence electrons. The highest BCUT2D eigenvalue weighted by Crippen LogP contribution is 2.23. The number of furan rings is 1. The second-order valence-electron chi connectivity index (χ2n) is 5.09. The van der Waals surface area contributed by atoms with Gasteiger partial charge in [0.25, 0.3) is 5.91 Å². The molecule has 0 fully saturated rings. The molecule has 0 saturated carbocycles. The number of nitrogens with one attached hydrogen (secondary N) is 1. The quantitative estimate of drug-likeness (QED) is 0.927. The Morgan fingerprint density at radius 3 is 2.53 bits per heavy atom. The molecule has 0 radical (unpaired) electrons. The molecule has 1 aromatic carbocycles. The number of hydrogen-bond donors (Lipinski definition) is 1. The predicted molar refractivity (Wildman–Crippen MR) is 75.5 cm³/mol. The Morgan fingerprint density at radius 2 is 1.95 bits per heavy atom. The average molecular weight is 278 g/mol. The number of benzene rings is 1. The lowest BCUT2D eigenvalue weighted by molar-refractivity contribution is 0.0945. The summed E-state index contributed by atoms with van der Waals surface area (Å²) in [6.07, 6.45) is 2.92. The van der Waals surface area contributed by atoms with E-state index in [1.165, 1.54) is 12.5 Å². The van der Waals surface area contributed by atoms with Crippen LogP contribution in [0.15, 0.2) is 47.3 Å². The minimum Gasteiger partial charge on any atom is -0.472 e. The zero-order chi connectivity index (χ0) is 13.9. The molecule has 1 aromatic heterocycles. The molecule has 0 aliphatic heterocycles. The van der Waals surface area contributed by atoms with Crippen LogP contribution in [-0.2, 0) is 5.41 Å². The molecule has 0 saturated heterocycles. The van der Waals surface area contributed by atoms with Crippen molar-refractivity contribution in [3.63, 3.8) is 0 Å². The molecule has 0 unspecified atom stereocenters. The summed E-state index contributed by atoms with van der Waals surface area (Å²) in [5, 5.41) is 3.62. The highest BCUT2D eigenvalue weighted by molar-refractivity contribution is 6.30. The van der Waals surface area contributed by atoms with Crippen molar-refractivity contribution in [2.24, 2.45) is 0 Å². The second-order valence-corrected chi connectivity index (χ2v) is 5.52. The van der Waals surface area contributed by atoms with Crippen LogP contribution < -0.4 is 5.32 Å². The molecule has 0 spiro atoms. The van der Waals surface area contributed by atoms with Gasteiger partial charge in [-0.05, 0) is 23.8 Å². The summed E-state index contributed by atoms with van der Waals surface area (Å²) in [6, 6.07) is 9.32. The van der Waals surface area contributed by atoms with Crippen molar-refractivity contribution < 1.29 is 9.21 Å². The molecule has 0 bridgehead atoms. The Balaban J connectivity index is 2.01. The van der Waals surface area contributed by atoms with Gasteiger partial charge in [-0.25, -0.2) is 0 Å². The molecule has 2 aromatic rings. The van der Waals surface area contributed by atoms with Gasteiger partial charge in [0.1, 0.15) is 6.26 Å². The van der Waals surface area contributed by atoms with E-state index in [-0.39, 0.29) is 11.3 Å². The molecule has 1 amide bonds. The second kappa shape index (κ2) is 5.49. The van der Waals surface area contributed by atoms with E-state index in [0.29, 0.717) is 17.1 Å². The van der Waals surface area contributed by atoms with E-state index in [4.69, 9.17) is 16.0 Å². The lowest BCUT2D eigenvalue weighted by Crippen LogP contribution is -2.36. The van der Waals surface area contributed by atoms with Gasteiger partial charge in [-0.1, -0.05) is 37.6 Å². The normalized spacial score (nSPS) is 11.3. The maximum absolute atomic E-state index is 11.8. The Kier molecular flexibility index (Phi) is 3.96. The summed E-state index contributed by atoms with van der Waals surface area (Å²) in [4.78, 5) is 11.8. The molecule has 0 aliphatic rings. The fourth-order valence-corrected chi connectivity index (χ4v) is 1.93. The van der Waals surface area contributed by atoms with Crippen LogP contribution in [0.4, 0.5) is 0 Å². The number of amides is 1. The first-order chi connectivity index (χ1) is 8.99. The number of halogens is 1. The van der Waals surface area contributed by atoms with E-state index in [1.807, 2.05) is 24.3 Å². The minimum atomic E-state index is -0.163.